The Morgan fingerprint density at radius 3 is 2.35 bits per heavy atom. The van der Waals surface area contributed by atoms with Crippen molar-refractivity contribution in [2.75, 3.05) is 50.1 Å². The predicted octanol–water partition coefficient (Wildman–Crippen LogP) is 1.33. The van der Waals surface area contributed by atoms with Crippen molar-refractivity contribution in [3.05, 3.63) is 42.1 Å². The van der Waals surface area contributed by atoms with Gasteiger partial charge < -0.3 is 9.80 Å². The van der Waals surface area contributed by atoms with Crippen molar-refractivity contribution in [2.24, 2.45) is 0 Å². The molecule has 0 aliphatic carbocycles. The molecule has 0 amide bonds. The standard InChI is InChI=1S/C16H19F2N5O2S/c1-21(2)15-5-6-19-16(20-15)22-7-9-23(10-8-22)26(24,25)12-3-4-13(17)14(18)11-12/h3-6,11H,7-10H2,1-2H3. The first-order valence-corrected chi connectivity index (χ1v) is 9.43. The maximum absolute atomic E-state index is 13.4. The van der Waals surface area contributed by atoms with Crippen LogP contribution in [0.1, 0.15) is 0 Å². The molecule has 0 spiro atoms. The summed E-state index contributed by atoms with van der Waals surface area (Å²) < 4.78 is 52.9. The van der Waals surface area contributed by atoms with E-state index in [1.54, 1.807) is 12.3 Å². The lowest BCUT2D eigenvalue weighted by Crippen LogP contribution is -2.49. The first-order chi connectivity index (χ1) is 12.3. The Bertz CT molecular complexity index is 899. The Kier molecular flexibility index (Phi) is 5.05. The zero-order valence-corrected chi connectivity index (χ0v) is 15.2. The van der Waals surface area contributed by atoms with Gasteiger partial charge in [0.15, 0.2) is 11.6 Å². The maximum atomic E-state index is 13.4. The minimum atomic E-state index is -3.88. The molecule has 1 saturated heterocycles. The van der Waals surface area contributed by atoms with E-state index < -0.39 is 21.7 Å². The Morgan fingerprint density at radius 2 is 1.73 bits per heavy atom. The molecule has 1 aliphatic heterocycles. The van der Waals surface area contributed by atoms with Crippen LogP contribution in [-0.2, 0) is 10.0 Å². The second kappa shape index (κ2) is 7.12. The van der Waals surface area contributed by atoms with Crippen LogP contribution in [0, 0.1) is 11.6 Å². The minimum absolute atomic E-state index is 0.205. The van der Waals surface area contributed by atoms with Crippen LogP contribution in [0.15, 0.2) is 35.4 Å². The second-order valence-corrected chi connectivity index (χ2v) is 8.01. The number of sulfonamides is 1. The van der Waals surface area contributed by atoms with E-state index in [9.17, 15) is 17.2 Å². The number of piperazine rings is 1. The molecule has 10 heteroatoms. The zero-order valence-electron chi connectivity index (χ0n) is 14.4. The van der Waals surface area contributed by atoms with Crippen LogP contribution in [0.4, 0.5) is 20.5 Å². The zero-order chi connectivity index (χ0) is 18.9. The lowest BCUT2D eigenvalue weighted by atomic mass is 10.3. The third kappa shape index (κ3) is 3.61. The second-order valence-electron chi connectivity index (χ2n) is 6.08. The van der Waals surface area contributed by atoms with Crippen molar-refractivity contribution in [1.29, 1.82) is 0 Å². The van der Waals surface area contributed by atoms with E-state index in [0.717, 1.165) is 18.0 Å². The normalized spacial score (nSPS) is 15.9. The van der Waals surface area contributed by atoms with Gasteiger partial charge in [-0.05, 0) is 24.3 Å². The number of benzene rings is 1. The summed E-state index contributed by atoms with van der Waals surface area (Å²) in [5.41, 5.74) is 0. The average molecular weight is 383 g/mol. The Hall–Kier alpha value is -2.33. The highest BCUT2D eigenvalue weighted by molar-refractivity contribution is 7.89. The lowest BCUT2D eigenvalue weighted by molar-refractivity contribution is 0.382. The fourth-order valence-electron chi connectivity index (χ4n) is 2.66. The molecule has 2 aromatic rings. The molecule has 1 aromatic carbocycles. The molecule has 2 heterocycles. The number of aromatic nitrogens is 2. The van der Waals surface area contributed by atoms with Gasteiger partial charge in [-0.1, -0.05) is 0 Å². The molecular formula is C16H19F2N5O2S. The molecular weight excluding hydrogens is 364 g/mol. The molecule has 0 N–H and O–H groups in total. The van der Waals surface area contributed by atoms with Gasteiger partial charge in [-0.3, -0.25) is 0 Å². The highest BCUT2D eigenvalue weighted by Gasteiger charge is 2.30. The van der Waals surface area contributed by atoms with E-state index in [-0.39, 0.29) is 18.0 Å². The highest BCUT2D eigenvalue weighted by Crippen LogP contribution is 2.21. The maximum Gasteiger partial charge on any atom is 0.243 e. The SMILES string of the molecule is CN(C)c1ccnc(N2CCN(S(=O)(=O)c3ccc(F)c(F)c3)CC2)n1. The van der Waals surface area contributed by atoms with E-state index >= 15 is 0 Å². The van der Waals surface area contributed by atoms with E-state index in [4.69, 9.17) is 0 Å². The molecule has 3 rings (SSSR count). The van der Waals surface area contributed by atoms with Gasteiger partial charge in [-0.2, -0.15) is 9.29 Å². The summed E-state index contributed by atoms with van der Waals surface area (Å²) in [6.45, 7) is 1.22. The summed E-state index contributed by atoms with van der Waals surface area (Å²) in [6, 6.07) is 4.39. The fourth-order valence-corrected chi connectivity index (χ4v) is 4.09. The quantitative estimate of drug-likeness (QED) is 0.794. The van der Waals surface area contributed by atoms with Crippen molar-refractivity contribution in [3.63, 3.8) is 0 Å². The third-order valence-electron chi connectivity index (χ3n) is 4.14. The Labute approximate surface area is 150 Å². The van der Waals surface area contributed by atoms with Crippen LogP contribution in [0.2, 0.25) is 0 Å². The molecule has 1 aromatic heterocycles. The molecule has 140 valence electrons. The van der Waals surface area contributed by atoms with Gasteiger partial charge in [0.05, 0.1) is 4.90 Å². The van der Waals surface area contributed by atoms with E-state index in [1.165, 1.54) is 4.31 Å². The van der Waals surface area contributed by atoms with Gasteiger partial charge in [-0.25, -0.2) is 22.2 Å². The summed E-state index contributed by atoms with van der Waals surface area (Å²) in [6.07, 6.45) is 1.65. The number of hydrogen-bond donors (Lipinski definition) is 0. The highest BCUT2D eigenvalue weighted by atomic mass is 32.2. The van der Waals surface area contributed by atoms with Crippen LogP contribution < -0.4 is 9.80 Å². The third-order valence-corrected chi connectivity index (χ3v) is 6.03. The topological polar surface area (TPSA) is 69.6 Å². The smallest absolute Gasteiger partial charge is 0.243 e. The van der Waals surface area contributed by atoms with Gasteiger partial charge in [-0.15, -0.1) is 0 Å². The van der Waals surface area contributed by atoms with E-state index in [1.807, 2.05) is 23.9 Å². The monoisotopic (exact) mass is 383 g/mol. The molecule has 26 heavy (non-hydrogen) atoms. The van der Waals surface area contributed by atoms with Crippen molar-refractivity contribution in [3.8, 4) is 0 Å². The average Bonchev–Trinajstić information content (AvgIpc) is 2.64. The van der Waals surface area contributed by atoms with Crippen LogP contribution in [0.25, 0.3) is 0 Å². The first kappa shape index (κ1) is 18.5. The summed E-state index contributed by atoms with van der Waals surface area (Å²) in [4.78, 5) is 12.2. The van der Waals surface area contributed by atoms with E-state index in [2.05, 4.69) is 9.97 Å². The van der Waals surface area contributed by atoms with Gasteiger partial charge in [0.25, 0.3) is 0 Å². The summed E-state index contributed by atoms with van der Waals surface area (Å²) in [5.74, 6) is -0.974. The summed E-state index contributed by atoms with van der Waals surface area (Å²) in [5, 5.41) is 0. The number of nitrogens with zero attached hydrogens (tertiary/aromatic N) is 5. The Balaban J connectivity index is 1.73. The molecule has 1 aliphatic rings. The molecule has 7 nitrogen and oxygen atoms in total. The van der Waals surface area contributed by atoms with Crippen LogP contribution in [0.5, 0.6) is 0 Å². The van der Waals surface area contributed by atoms with Gasteiger partial charge in [0.1, 0.15) is 5.82 Å². The number of rotatable bonds is 4. The molecule has 0 bridgehead atoms. The van der Waals surface area contributed by atoms with Crippen molar-refractivity contribution in [1.82, 2.24) is 14.3 Å². The number of hydrogen-bond acceptors (Lipinski definition) is 6. The molecule has 0 atom stereocenters. The van der Waals surface area contributed by atoms with Crippen LogP contribution in [-0.4, -0.2) is 63.0 Å². The van der Waals surface area contributed by atoms with Crippen molar-refractivity contribution in [2.45, 2.75) is 4.90 Å². The molecule has 1 fully saturated rings. The van der Waals surface area contributed by atoms with Gasteiger partial charge in [0, 0.05) is 46.5 Å². The summed E-state index contributed by atoms with van der Waals surface area (Å²) >= 11 is 0. The van der Waals surface area contributed by atoms with Gasteiger partial charge in [0.2, 0.25) is 16.0 Å². The first-order valence-electron chi connectivity index (χ1n) is 7.99. The minimum Gasteiger partial charge on any atom is -0.363 e. The predicted molar refractivity (Wildman–Crippen MR) is 93.7 cm³/mol. The molecule has 0 radical (unpaired) electrons. The van der Waals surface area contributed by atoms with Crippen molar-refractivity contribution < 1.29 is 17.2 Å². The molecule has 0 unspecified atom stereocenters. The van der Waals surface area contributed by atoms with E-state index in [0.29, 0.717) is 25.1 Å². The number of anilines is 2. The largest absolute Gasteiger partial charge is 0.363 e. The van der Waals surface area contributed by atoms with Crippen LogP contribution in [0.3, 0.4) is 0 Å². The number of halogens is 2. The Morgan fingerprint density at radius 1 is 1.04 bits per heavy atom. The lowest BCUT2D eigenvalue weighted by Gasteiger charge is -2.34. The molecule has 0 saturated carbocycles. The summed E-state index contributed by atoms with van der Waals surface area (Å²) in [7, 11) is -0.131. The van der Waals surface area contributed by atoms with Gasteiger partial charge >= 0.3 is 0 Å². The van der Waals surface area contributed by atoms with Crippen LogP contribution >= 0.6 is 0 Å². The fraction of sp³-hybridized carbons (Fsp3) is 0.375. The van der Waals surface area contributed by atoms with Crippen molar-refractivity contribution >= 4 is 21.8 Å².